The standard InChI is InChI=1S/C21H21ClF4N2/c22-10-9-15-3-1-14(2-4-15)5-6-16-12-27-20(28-13-16)17-7-8-18(19(23)11-17)21(24,25)26/h7-15H,1-6H2/b10-9+. The average Bonchev–Trinajstić information content (AvgIpc) is 2.67. The van der Waals surface area contributed by atoms with Crippen LogP contribution in [0.2, 0.25) is 0 Å². The molecule has 1 aliphatic carbocycles. The maximum Gasteiger partial charge on any atom is 0.419 e. The fourth-order valence-corrected chi connectivity index (χ4v) is 3.87. The molecule has 3 rings (SSSR count). The first-order chi connectivity index (χ1) is 13.4. The minimum absolute atomic E-state index is 0.213. The molecular formula is C21H21ClF4N2. The van der Waals surface area contributed by atoms with E-state index in [0.717, 1.165) is 43.4 Å². The van der Waals surface area contributed by atoms with Gasteiger partial charge >= 0.3 is 6.18 Å². The second-order valence-electron chi connectivity index (χ2n) is 7.25. The lowest BCUT2D eigenvalue weighted by Gasteiger charge is -2.26. The van der Waals surface area contributed by atoms with E-state index in [1.54, 1.807) is 17.9 Å². The second-order valence-corrected chi connectivity index (χ2v) is 7.50. The Morgan fingerprint density at radius 1 is 1.07 bits per heavy atom. The summed E-state index contributed by atoms with van der Waals surface area (Å²) in [5.41, 5.74) is 1.51. The molecule has 1 heterocycles. The van der Waals surface area contributed by atoms with Gasteiger partial charge in [-0.1, -0.05) is 23.7 Å². The van der Waals surface area contributed by atoms with Gasteiger partial charge in [-0.15, -0.1) is 0 Å². The van der Waals surface area contributed by atoms with Crippen LogP contribution < -0.4 is 0 Å². The number of aryl methyl sites for hydroxylation is 1. The fraction of sp³-hybridized carbons (Fsp3) is 0.429. The normalized spacial score (nSPS) is 20.6. The van der Waals surface area contributed by atoms with Gasteiger partial charge in [0.05, 0.1) is 5.56 Å². The van der Waals surface area contributed by atoms with E-state index in [4.69, 9.17) is 11.6 Å². The van der Waals surface area contributed by atoms with Crippen LogP contribution in [0, 0.1) is 17.7 Å². The minimum atomic E-state index is -4.72. The molecule has 0 spiro atoms. The molecule has 1 saturated carbocycles. The molecular weight excluding hydrogens is 392 g/mol. The number of halogens is 5. The molecule has 1 fully saturated rings. The smallest absolute Gasteiger partial charge is 0.236 e. The van der Waals surface area contributed by atoms with Crippen LogP contribution in [0.3, 0.4) is 0 Å². The summed E-state index contributed by atoms with van der Waals surface area (Å²) in [5, 5.41) is 0. The molecule has 2 aromatic rings. The molecule has 1 aliphatic rings. The zero-order valence-corrected chi connectivity index (χ0v) is 16.0. The van der Waals surface area contributed by atoms with Gasteiger partial charge in [0.25, 0.3) is 0 Å². The molecule has 0 amide bonds. The van der Waals surface area contributed by atoms with Crippen molar-refractivity contribution in [3.05, 3.63) is 59.1 Å². The van der Waals surface area contributed by atoms with Crippen LogP contribution in [-0.2, 0) is 12.6 Å². The first-order valence-corrected chi connectivity index (χ1v) is 9.75. The topological polar surface area (TPSA) is 25.8 Å². The van der Waals surface area contributed by atoms with Gasteiger partial charge in [0, 0.05) is 23.5 Å². The summed E-state index contributed by atoms with van der Waals surface area (Å²) in [6.45, 7) is 0. The summed E-state index contributed by atoms with van der Waals surface area (Å²) in [7, 11) is 0. The van der Waals surface area contributed by atoms with Crippen LogP contribution in [0.25, 0.3) is 11.4 Å². The predicted molar refractivity (Wildman–Crippen MR) is 101 cm³/mol. The highest BCUT2D eigenvalue weighted by Crippen LogP contribution is 2.34. The maximum atomic E-state index is 13.7. The number of allylic oxidation sites excluding steroid dienone is 1. The van der Waals surface area contributed by atoms with Crippen LogP contribution in [0.1, 0.15) is 43.2 Å². The SMILES string of the molecule is Fc1cc(-c2ncc(CCC3CCC(/C=C/Cl)CC3)cn2)ccc1C(F)(F)F. The maximum absolute atomic E-state index is 13.7. The third-order valence-corrected chi connectivity index (χ3v) is 5.46. The number of alkyl halides is 3. The predicted octanol–water partition coefficient (Wildman–Crippen LogP) is 6.79. The molecule has 150 valence electrons. The Labute approximate surface area is 166 Å². The molecule has 0 radical (unpaired) electrons. The number of aromatic nitrogens is 2. The van der Waals surface area contributed by atoms with E-state index >= 15 is 0 Å². The first kappa shape index (κ1) is 20.8. The lowest BCUT2D eigenvalue weighted by Crippen LogP contribution is -2.13. The minimum Gasteiger partial charge on any atom is -0.236 e. The van der Waals surface area contributed by atoms with Crippen LogP contribution in [0.4, 0.5) is 17.6 Å². The van der Waals surface area contributed by atoms with Crippen molar-refractivity contribution in [2.45, 2.75) is 44.7 Å². The quantitative estimate of drug-likeness (QED) is 0.505. The van der Waals surface area contributed by atoms with Crippen molar-refractivity contribution < 1.29 is 17.6 Å². The third kappa shape index (κ3) is 5.31. The van der Waals surface area contributed by atoms with E-state index in [2.05, 4.69) is 16.0 Å². The molecule has 1 aromatic heterocycles. The van der Waals surface area contributed by atoms with Crippen molar-refractivity contribution in [3.8, 4) is 11.4 Å². The van der Waals surface area contributed by atoms with Gasteiger partial charge in [-0.2, -0.15) is 13.2 Å². The van der Waals surface area contributed by atoms with Gasteiger partial charge in [0.1, 0.15) is 5.82 Å². The lowest BCUT2D eigenvalue weighted by atomic mass is 9.80. The molecule has 0 bridgehead atoms. The van der Waals surface area contributed by atoms with Crippen molar-refractivity contribution in [1.82, 2.24) is 9.97 Å². The van der Waals surface area contributed by atoms with E-state index in [9.17, 15) is 17.6 Å². The van der Waals surface area contributed by atoms with E-state index in [1.165, 1.54) is 18.9 Å². The van der Waals surface area contributed by atoms with E-state index in [1.807, 2.05) is 0 Å². The molecule has 1 aromatic carbocycles. The largest absolute Gasteiger partial charge is 0.419 e. The Kier molecular flexibility index (Phi) is 6.70. The van der Waals surface area contributed by atoms with Crippen LogP contribution in [-0.4, -0.2) is 9.97 Å². The summed E-state index contributed by atoms with van der Waals surface area (Å²) >= 11 is 5.64. The second kappa shape index (κ2) is 9.03. The monoisotopic (exact) mass is 412 g/mol. The van der Waals surface area contributed by atoms with Gasteiger partial charge in [-0.25, -0.2) is 14.4 Å². The Morgan fingerprint density at radius 3 is 2.32 bits per heavy atom. The van der Waals surface area contributed by atoms with Gasteiger partial charge in [0.15, 0.2) is 5.82 Å². The van der Waals surface area contributed by atoms with E-state index < -0.39 is 17.6 Å². The number of hydrogen-bond acceptors (Lipinski definition) is 2. The van der Waals surface area contributed by atoms with Gasteiger partial charge < -0.3 is 0 Å². The molecule has 2 nitrogen and oxygen atoms in total. The highest BCUT2D eigenvalue weighted by molar-refractivity contribution is 6.25. The average molecular weight is 413 g/mol. The molecule has 0 unspecified atom stereocenters. The van der Waals surface area contributed by atoms with Crippen LogP contribution in [0.15, 0.2) is 42.2 Å². The summed E-state index contributed by atoms with van der Waals surface area (Å²) in [5.74, 6) is 0.145. The van der Waals surface area contributed by atoms with Gasteiger partial charge in [-0.3, -0.25) is 0 Å². The Bertz CT molecular complexity index is 810. The molecule has 0 N–H and O–H groups in total. The lowest BCUT2D eigenvalue weighted by molar-refractivity contribution is -0.139. The van der Waals surface area contributed by atoms with Crippen molar-refractivity contribution in [2.75, 3.05) is 0 Å². The van der Waals surface area contributed by atoms with Gasteiger partial charge in [0.2, 0.25) is 0 Å². The number of nitrogens with zero attached hydrogens (tertiary/aromatic N) is 2. The number of benzene rings is 1. The summed E-state index contributed by atoms with van der Waals surface area (Å²) < 4.78 is 51.7. The molecule has 0 saturated heterocycles. The fourth-order valence-electron chi connectivity index (χ4n) is 3.66. The van der Waals surface area contributed by atoms with Crippen molar-refractivity contribution >= 4 is 11.6 Å². The first-order valence-electron chi connectivity index (χ1n) is 9.31. The molecule has 28 heavy (non-hydrogen) atoms. The Morgan fingerprint density at radius 2 is 1.75 bits per heavy atom. The Hall–Kier alpha value is -1.95. The van der Waals surface area contributed by atoms with Crippen LogP contribution in [0.5, 0.6) is 0 Å². The zero-order valence-electron chi connectivity index (χ0n) is 15.2. The van der Waals surface area contributed by atoms with Gasteiger partial charge in [-0.05, 0) is 68.1 Å². The van der Waals surface area contributed by atoms with Crippen molar-refractivity contribution in [1.29, 1.82) is 0 Å². The number of rotatable bonds is 5. The van der Waals surface area contributed by atoms with Crippen LogP contribution >= 0.6 is 11.6 Å². The van der Waals surface area contributed by atoms with Crippen molar-refractivity contribution in [3.63, 3.8) is 0 Å². The zero-order chi connectivity index (χ0) is 20.1. The Balaban J connectivity index is 1.58. The summed E-state index contributed by atoms with van der Waals surface area (Å²) in [6, 6.07) is 2.73. The summed E-state index contributed by atoms with van der Waals surface area (Å²) in [6.07, 6.45) is 7.24. The number of hydrogen-bond donors (Lipinski definition) is 0. The summed E-state index contributed by atoms with van der Waals surface area (Å²) in [4.78, 5) is 8.40. The molecule has 0 atom stereocenters. The highest BCUT2D eigenvalue weighted by atomic mass is 35.5. The van der Waals surface area contributed by atoms with E-state index in [-0.39, 0.29) is 11.4 Å². The highest BCUT2D eigenvalue weighted by Gasteiger charge is 2.34. The van der Waals surface area contributed by atoms with Crippen molar-refractivity contribution in [2.24, 2.45) is 11.8 Å². The van der Waals surface area contributed by atoms with E-state index in [0.29, 0.717) is 11.8 Å². The third-order valence-electron chi connectivity index (χ3n) is 5.32. The molecule has 0 aliphatic heterocycles. The molecule has 7 heteroatoms.